The fraction of sp³-hybridized carbons (Fsp3) is 0.250. The highest BCUT2D eigenvalue weighted by Gasteiger charge is 2.11. The number of nitrogens with one attached hydrogen (secondary N) is 2. The van der Waals surface area contributed by atoms with E-state index in [-0.39, 0.29) is 0 Å². The van der Waals surface area contributed by atoms with Crippen LogP contribution in [0.15, 0.2) is 59.7 Å². The molecule has 0 fully saturated rings. The molecular formula is C20H23N3O4. The molecule has 0 aliphatic carbocycles. The minimum Gasteiger partial charge on any atom is -0.488 e. The summed E-state index contributed by atoms with van der Waals surface area (Å²) in [7, 11) is 1.57. The first kappa shape index (κ1) is 20.1. The zero-order chi connectivity index (χ0) is 19.3. The summed E-state index contributed by atoms with van der Waals surface area (Å²) in [5.74, 6) is -0.938. The molecule has 0 spiro atoms. The van der Waals surface area contributed by atoms with Gasteiger partial charge < -0.3 is 14.8 Å². The lowest BCUT2D eigenvalue weighted by Crippen LogP contribution is -2.38. The molecular weight excluding hydrogens is 346 g/mol. The minimum absolute atomic E-state index is 0.361. The predicted molar refractivity (Wildman–Crippen MR) is 102 cm³/mol. The largest absolute Gasteiger partial charge is 0.488 e. The Hall–Kier alpha value is -3.19. The lowest BCUT2D eigenvalue weighted by Gasteiger charge is -2.09. The van der Waals surface area contributed by atoms with Gasteiger partial charge in [0.1, 0.15) is 12.4 Å². The van der Waals surface area contributed by atoms with Gasteiger partial charge in [0, 0.05) is 25.8 Å². The first-order valence-electron chi connectivity index (χ1n) is 8.56. The summed E-state index contributed by atoms with van der Waals surface area (Å²) in [4.78, 5) is 23.3. The summed E-state index contributed by atoms with van der Waals surface area (Å²) in [5.41, 5.74) is 3.94. The molecule has 0 aliphatic heterocycles. The van der Waals surface area contributed by atoms with Gasteiger partial charge in [-0.1, -0.05) is 42.5 Å². The van der Waals surface area contributed by atoms with Crippen LogP contribution < -0.4 is 15.5 Å². The van der Waals surface area contributed by atoms with E-state index in [1.165, 1.54) is 6.21 Å². The van der Waals surface area contributed by atoms with E-state index in [9.17, 15) is 9.59 Å². The monoisotopic (exact) mass is 369 g/mol. The molecule has 7 nitrogen and oxygen atoms in total. The summed E-state index contributed by atoms with van der Waals surface area (Å²) in [5, 5.41) is 6.32. The Morgan fingerprint density at radius 1 is 1.04 bits per heavy atom. The zero-order valence-corrected chi connectivity index (χ0v) is 15.2. The van der Waals surface area contributed by atoms with Gasteiger partial charge in [0.05, 0.1) is 6.21 Å². The highest BCUT2D eigenvalue weighted by Crippen LogP contribution is 2.17. The van der Waals surface area contributed by atoms with Gasteiger partial charge in [-0.15, -0.1) is 0 Å². The van der Waals surface area contributed by atoms with Crippen molar-refractivity contribution in [1.82, 2.24) is 10.7 Å². The van der Waals surface area contributed by atoms with Crippen LogP contribution in [0.25, 0.3) is 0 Å². The van der Waals surface area contributed by atoms with E-state index in [1.807, 2.05) is 48.5 Å². The summed E-state index contributed by atoms with van der Waals surface area (Å²) in [6, 6.07) is 17.1. The summed E-state index contributed by atoms with van der Waals surface area (Å²) in [6.45, 7) is 1.29. The van der Waals surface area contributed by atoms with E-state index in [2.05, 4.69) is 15.8 Å². The Morgan fingerprint density at radius 2 is 1.78 bits per heavy atom. The molecule has 0 bridgehead atoms. The minimum atomic E-state index is -0.827. The lowest BCUT2D eigenvalue weighted by atomic mass is 10.2. The van der Waals surface area contributed by atoms with Crippen molar-refractivity contribution in [2.24, 2.45) is 5.10 Å². The number of hydrazone groups is 1. The molecule has 7 heteroatoms. The van der Waals surface area contributed by atoms with Crippen molar-refractivity contribution in [1.29, 1.82) is 0 Å². The van der Waals surface area contributed by atoms with Crippen LogP contribution in [0, 0.1) is 0 Å². The topological polar surface area (TPSA) is 89.0 Å². The van der Waals surface area contributed by atoms with E-state index in [0.717, 1.165) is 5.56 Å². The number of methoxy groups -OCH3 is 1. The standard InChI is InChI=1S/C20H23N3O4/c1-26-13-7-12-21-19(24)20(25)23-22-14-17-10-5-6-11-18(17)27-15-16-8-3-2-4-9-16/h2-6,8-11,14H,7,12-13,15H2,1H3,(H,21,24)(H,23,25)/b22-14-. The molecule has 0 heterocycles. The Morgan fingerprint density at radius 3 is 2.56 bits per heavy atom. The molecule has 2 rings (SSSR count). The number of hydrogen-bond donors (Lipinski definition) is 2. The van der Waals surface area contributed by atoms with Crippen LogP contribution in [0.4, 0.5) is 0 Å². The van der Waals surface area contributed by atoms with E-state index >= 15 is 0 Å². The van der Waals surface area contributed by atoms with Crippen molar-refractivity contribution >= 4 is 18.0 Å². The number of amides is 2. The van der Waals surface area contributed by atoms with Crippen molar-refractivity contribution in [3.63, 3.8) is 0 Å². The Kier molecular flexibility index (Phi) is 8.52. The highest BCUT2D eigenvalue weighted by molar-refractivity contribution is 6.35. The maximum absolute atomic E-state index is 11.7. The van der Waals surface area contributed by atoms with Gasteiger partial charge in [-0.25, -0.2) is 5.43 Å². The molecule has 2 aromatic carbocycles. The summed E-state index contributed by atoms with van der Waals surface area (Å²) < 4.78 is 10.7. The van der Waals surface area contributed by atoms with Crippen LogP contribution in [0.5, 0.6) is 5.75 Å². The smallest absolute Gasteiger partial charge is 0.329 e. The Bertz CT molecular complexity index is 763. The van der Waals surface area contributed by atoms with Gasteiger partial charge in [-0.2, -0.15) is 5.10 Å². The number of benzene rings is 2. The molecule has 0 saturated heterocycles. The molecule has 2 amide bonds. The fourth-order valence-corrected chi connectivity index (χ4v) is 2.16. The first-order valence-corrected chi connectivity index (χ1v) is 8.56. The van der Waals surface area contributed by atoms with Gasteiger partial charge in [0.25, 0.3) is 0 Å². The average molecular weight is 369 g/mol. The van der Waals surface area contributed by atoms with Crippen LogP contribution in [-0.2, 0) is 20.9 Å². The number of nitrogens with zero attached hydrogens (tertiary/aromatic N) is 1. The number of hydrogen-bond acceptors (Lipinski definition) is 5. The molecule has 0 aromatic heterocycles. The first-order chi connectivity index (χ1) is 13.2. The maximum Gasteiger partial charge on any atom is 0.329 e. The summed E-state index contributed by atoms with van der Waals surface area (Å²) >= 11 is 0. The van der Waals surface area contributed by atoms with Crippen LogP contribution in [0.2, 0.25) is 0 Å². The van der Waals surface area contributed by atoms with E-state index in [4.69, 9.17) is 9.47 Å². The Labute approximate surface area is 158 Å². The third-order valence-electron chi connectivity index (χ3n) is 3.54. The number of rotatable bonds is 9. The quantitative estimate of drug-likeness (QED) is 0.306. The van der Waals surface area contributed by atoms with Crippen LogP contribution in [0.1, 0.15) is 17.5 Å². The predicted octanol–water partition coefficient (Wildman–Crippen LogP) is 1.87. The van der Waals surface area contributed by atoms with Gasteiger partial charge in [-0.3, -0.25) is 9.59 Å². The molecule has 0 saturated carbocycles. The molecule has 0 unspecified atom stereocenters. The van der Waals surface area contributed by atoms with E-state index < -0.39 is 11.8 Å². The molecule has 142 valence electrons. The fourth-order valence-electron chi connectivity index (χ4n) is 2.16. The second-order valence-corrected chi connectivity index (χ2v) is 5.61. The lowest BCUT2D eigenvalue weighted by molar-refractivity contribution is -0.139. The van der Waals surface area contributed by atoms with Gasteiger partial charge in [0.15, 0.2) is 0 Å². The molecule has 2 N–H and O–H groups in total. The third-order valence-corrected chi connectivity index (χ3v) is 3.54. The van der Waals surface area contributed by atoms with Gasteiger partial charge in [0.2, 0.25) is 0 Å². The Balaban J connectivity index is 1.85. The molecule has 2 aromatic rings. The average Bonchev–Trinajstić information content (AvgIpc) is 2.71. The number of para-hydroxylation sites is 1. The SMILES string of the molecule is COCCCNC(=O)C(=O)N/N=C\c1ccccc1OCc1ccccc1. The van der Waals surface area contributed by atoms with Crippen LogP contribution >= 0.6 is 0 Å². The third kappa shape index (κ3) is 7.29. The van der Waals surface area contributed by atoms with Crippen molar-refractivity contribution in [3.05, 3.63) is 65.7 Å². The second-order valence-electron chi connectivity index (χ2n) is 5.61. The van der Waals surface area contributed by atoms with E-state index in [1.54, 1.807) is 13.2 Å². The van der Waals surface area contributed by atoms with Crippen LogP contribution in [0.3, 0.4) is 0 Å². The van der Waals surface area contributed by atoms with Crippen molar-refractivity contribution in [2.75, 3.05) is 20.3 Å². The number of carbonyl (C=O) groups is 2. The van der Waals surface area contributed by atoms with Crippen LogP contribution in [-0.4, -0.2) is 38.3 Å². The van der Waals surface area contributed by atoms with Crippen molar-refractivity contribution in [2.45, 2.75) is 13.0 Å². The molecule has 0 radical (unpaired) electrons. The maximum atomic E-state index is 11.7. The molecule has 27 heavy (non-hydrogen) atoms. The van der Waals surface area contributed by atoms with Gasteiger partial charge in [-0.05, 0) is 24.1 Å². The second kappa shape index (κ2) is 11.4. The number of carbonyl (C=O) groups excluding carboxylic acids is 2. The van der Waals surface area contributed by atoms with Crippen molar-refractivity contribution < 1.29 is 19.1 Å². The summed E-state index contributed by atoms with van der Waals surface area (Å²) in [6.07, 6.45) is 2.07. The molecule has 0 atom stereocenters. The van der Waals surface area contributed by atoms with Gasteiger partial charge >= 0.3 is 11.8 Å². The highest BCUT2D eigenvalue weighted by atomic mass is 16.5. The van der Waals surface area contributed by atoms with E-state index in [0.29, 0.717) is 37.5 Å². The van der Waals surface area contributed by atoms with Crippen molar-refractivity contribution in [3.8, 4) is 5.75 Å². The normalized spacial score (nSPS) is 10.6. The zero-order valence-electron chi connectivity index (χ0n) is 15.2. The molecule has 0 aliphatic rings. The number of ether oxygens (including phenoxy) is 2.